The number of hydrogen-bond donors (Lipinski definition) is 0. The van der Waals surface area contributed by atoms with Crippen LogP contribution in [0.25, 0.3) is 22.8 Å². The third kappa shape index (κ3) is 2.54. The van der Waals surface area contributed by atoms with Crippen LogP contribution in [0, 0.1) is 0 Å². The lowest BCUT2D eigenvalue weighted by Crippen LogP contribution is -2.04. The predicted octanol–water partition coefficient (Wildman–Crippen LogP) is 1.93. The zero-order valence-corrected chi connectivity index (χ0v) is 11.4. The number of nitrogens with zero attached hydrogens (tertiary/aromatic N) is 4. The zero-order chi connectivity index (χ0) is 13.9. The second kappa shape index (κ2) is 5.40. The predicted molar refractivity (Wildman–Crippen MR) is 73.1 cm³/mol. The van der Waals surface area contributed by atoms with Crippen LogP contribution in [0.15, 0.2) is 52.4 Å². The van der Waals surface area contributed by atoms with Crippen molar-refractivity contribution in [1.29, 1.82) is 0 Å². The molecule has 0 amide bonds. The molecule has 0 aromatic carbocycles. The Morgan fingerprint density at radius 1 is 1.00 bits per heavy atom. The van der Waals surface area contributed by atoms with Gasteiger partial charge in [-0.05, 0) is 18.2 Å². The van der Waals surface area contributed by atoms with Crippen LogP contribution in [0.5, 0.6) is 0 Å². The molecular weight excluding hydrogens is 276 g/mol. The molecule has 0 aliphatic rings. The molecule has 3 heterocycles. The molecule has 100 valence electrons. The quantitative estimate of drug-likeness (QED) is 0.540. The molecule has 0 N–H and O–H groups in total. The van der Waals surface area contributed by atoms with Gasteiger partial charge in [0.05, 0.1) is 17.6 Å². The molecule has 0 saturated heterocycles. The molecule has 0 radical (unpaired) electrons. The van der Waals surface area contributed by atoms with Gasteiger partial charge in [0, 0.05) is 23.4 Å². The number of aromatic nitrogens is 4. The van der Waals surface area contributed by atoms with Gasteiger partial charge in [0.25, 0.3) is 0 Å². The van der Waals surface area contributed by atoms with Crippen LogP contribution < -0.4 is 0 Å². The van der Waals surface area contributed by atoms with Gasteiger partial charge < -0.3 is 9.08 Å². The molecule has 0 aliphatic heterocycles. The Morgan fingerprint density at radius 3 is 2.55 bits per heavy atom. The van der Waals surface area contributed by atoms with Crippen molar-refractivity contribution >= 4 is 11.2 Å². The third-order valence-electron chi connectivity index (χ3n) is 2.59. The van der Waals surface area contributed by atoms with Crippen LogP contribution in [-0.4, -0.2) is 30.9 Å². The summed E-state index contributed by atoms with van der Waals surface area (Å²) in [7, 11) is 0. The highest BCUT2D eigenvalue weighted by Gasteiger charge is 2.12. The molecule has 0 saturated carbocycles. The minimum atomic E-state index is -1.23. The summed E-state index contributed by atoms with van der Waals surface area (Å²) in [6.07, 6.45) is 4.67. The van der Waals surface area contributed by atoms with Gasteiger partial charge in [0.1, 0.15) is 11.9 Å². The van der Waals surface area contributed by atoms with Crippen molar-refractivity contribution in [2.75, 3.05) is 6.26 Å². The summed E-state index contributed by atoms with van der Waals surface area (Å²) in [6, 6.07) is 8.96. The molecule has 0 bridgehead atoms. The van der Waals surface area contributed by atoms with E-state index < -0.39 is 11.2 Å². The van der Waals surface area contributed by atoms with Gasteiger partial charge in [-0.15, -0.1) is 0 Å². The SMILES string of the molecule is C[S+]([O-])c1nccc(-c2cccc(-c3ccno3)n2)n1. The standard InChI is InChI=1S/C13H10N4O2S/c1-20(18)13-14-7-5-10(17-13)9-3-2-4-11(16-9)12-6-8-15-19-12/h2-8H,1H3. The first-order chi connectivity index (χ1) is 9.74. The van der Waals surface area contributed by atoms with E-state index in [9.17, 15) is 4.55 Å². The van der Waals surface area contributed by atoms with Crippen LogP contribution in [0.4, 0.5) is 0 Å². The number of rotatable bonds is 3. The molecule has 1 atom stereocenters. The Labute approximate surface area is 118 Å². The maximum absolute atomic E-state index is 11.4. The van der Waals surface area contributed by atoms with E-state index >= 15 is 0 Å². The summed E-state index contributed by atoms with van der Waals surface area (Å²) < 4.78 is 16.5. The molecule has 6 nitrogen and oxygen atoms in total. The fourth-order valence-corrected chi connectivity index (χ4v) is 2.12. The first-order valence-corrected chi connectivity index (χ1v) is 7.35. The zero-order valence-electron chi connectivity index (χ0n) is 10.6. The summed E-state index contributed by atoms with van der Waals surface area (Å²) in [5, 5.41) is 3.94. The van der Waals surface area contributed by atoms with E-state index in [0.29, 0.717) is 22.8 Å². The van der Waals surface area contributed by atoms with Crippen LogP contribution >= 0.6 is 0 Å². The molecule has 0 fully saturated rings. The number of hydrogen-bond acceptors (Lipinski definition) is 6. The molecule has 3 aromatic rings. The average Bonchev–Trinajstić information content (AvgIpc) is 3.02. The first kappa shape index (κ1) is 12.8. The normalized spacial score (nSPS) is 12.3. The smallest absolute Gasteiger partial charge is 0.343 e. The fraction of sp³-hybridized carbons (Fsp3) is 0.0769. The highest BCUT2D eigenvalue weighted by Crippen LogP contribution is 2.21. The van der Waals surface area contributed by atoms with Gasteiger partial charge in [-0.1, -0.05) is 11.2 Å². The van der Waals surface area contributed by atoms with E-state index in [4.69, 9.17) is 4.52 Å². The molecule has 20 heavy (non-hydrogen) atoms. The Morgan fingerprint density at radius 2 is 1.80 bits per heavy atom. The fourth-order valence-electron chi connectivity index (χ4n) is 1.68. The van der Waals surface area contributed by atoms with Crippen LogP contribution in [0.1, 0.15) is 0 Å². The first-order valence-electron chi connectivity index (χ1n) is 5.79. The molecule has 3 rings (SSSR count). The highest BCUT2D eigenvalue weighted by molar-refractivity contribution is 7.90. The molecular formula is C13H10N4O2S. The summed E-state index contributed by atoms with van der Waals surface area (Å²) in [4.78, 5) is 12.7. The van der Waals surface area contributed by atoms with Crippen molar-refractivity contribution in [3.63, 3.8) is 0 Å². The van der Waals surface area contributed by atoms with Crippen molar-refractivity contribution in [3.05, 3.63) is 42.7 Å². The van der Waals surface area contributed by atoms with Crippen LogP contribution in [-0.2, 0) is 11.2 Å². The topological polar surface area (TPSA) is 87.8 Å². The molecule has 0 aliphatic carbocycles. The van der Waals surface area contributed by atoms with E-state index in [-0.39, 0.29) is 5.16 Å². The molecule has 7 heteroatoms. The Bertz CT molecular complexity index is 716. The van der Waals surface area contributed by atoms with Gasteiger partial charge in [-0.25, -0.2) is 4.98 Å². The van der Waals surface area contributed by atoms with Crippen molar-refractivity contribution in [2.24, 2.45) is 0 Å². The lowest BCUT2D eigenvalue weighted by Gasteiger charge is -2.04. The molecule has 3 aromatic heterocycles. The van der Waals surface area contributed by atoms with E-state index in [0.717, 1.165) is 0 Å². The largest absolute Gasteiger partial charge is 0.609 e. The van der Waals surface area contributed by atoms with Crippen molar-refractivity contribution in [1.82, 2.24) is 20.1 Å². The van der Waals surface area contributed by atoms with E-state index in [1.54, 1.807) is 24.5 Å². The second-order valence-corrected chi connectivity index (χ2v) is 5.24. The van der Waals surface area contributed by atoms with Crippen molar-refractivity contribution in [3.8, 4) is 22.8 Å². The summed E-state index contributed by atoms with van der Waals surface area (Å²) in [5.41, 5.74) is 1.94. The highest BCUT2D eigenvalue weighted by atomic mass is 32.2. The lowest BCUT2D eigenvalue weighted by atomic mass is 10.2. The Kier molecular flexibility index (Phi) is 3.44. The van der Waals surface area contributed by atoms with Crippen LogP contribution in [0.3, 0.4) is 0 Å². The third-order valence-corrected chi connectivity index (χ3v) is 3.30. The van der Waals surface area contributed by atoms with Crippen molar-refractivity contribution < 1.29 is 9.08 Å². The molecule has 0 spiro atoms. The molecule has 1 unspecified atom stereocenters. The summed E-state index contributed by atoms with van der Waals surface area (Å²) >= 11 is -1.23. The minimum Gasteiger partial charge on any atom is -0.609 e. The Balaban J connectivity index is 2.02. The number of pyridine rings is 1. The van der Waals surface area contributed by atoms with Gasteiger partial charge in [-0.3, -0.25) is 0 Å². The summed E-state index contributed by atoms with van der Waals surface area (Å²) in [6.45, 7) is 0. The lowest BCUT2D eigenvalue weighted by molar-refractivity contribution is 0.431. The van der Waals surface area contributed by atoms with Gasteiger partial charge in [-0.2, -0.15) is 9.97 Å². The minimum absolute atomic E-state index is 0.286. The van der Waals surface area contributed by atoms with Gasteiger partial charge in [0.2, 0.25) is 0 Å². The van der Waals surface area contributed by atoms with Gasteiger partial charge in [0.15, 0.2) is 5.76 Å². The average molecular weight is 286 g/mol. The van der Waals surface area contributed by atoms with Crippen LogP contribution in [0.2, 0.25) is 0 Å². The van der Waals surface area contributed by atoms with E-state index in [2.05, 4.69) is 20.1 Å². The monoisotopic (exact) mass is 286 g/mol. The second-order valence-electron chi connectivity index (χ2n) is 3.96. The summed E-state index contributed by atoms with van der Waals surface area (Å²) in [5.74, 6) is 0.584. The maximum atomic E-state index is 11.4. The van der Waals surface area contributed by atoms with E-state index in [1.165, 1.54) is 6.26 Å². The van der Waals surface area contributed by atoms with E-state index in [1.807, 2.05) is 18.2 Å². The van der Waals surface area contributed by atoms with Gasteiger partial charge >= 0.3 is 5.16 Å². The Hall–Kier alpha value is -2.25. The maximum Gasteiger partial charge on any atom is 0.343 e. The van der Waals surface area contributed by atoms with Crippen molar-refractivity contribution in [2.45, 2.75) is 5.16 Å².